The molecule has 2 heterocycles. The Hall–Kier alpha value is -0.120. The Morgan fingerprint density at radius 1 is 1.43 bits per heavy atom. The van der Waals surface area contributed by atoms with Crippen LogP contribution in [0.3, 0.4) is 0 Å². The van der Waals surface area contributed by atoms with Crippen LogP contribution < -0.4 is 10.6 Å². The molecule has 0 bridgehead atoms. The Labute approximate surface area is 86.6 Å². The first-order valence-corrected chi connectivity index (χ1v) is 5.94. The molecule has 0 aliphatic carbocycles. The van der Waals surface area contributed by atoms with Gasteiger partial charge in [-0.15, -0.1) is 0 Å². The Morgan fingerprint density at radius 3 is 3.00 bits per heavy atom. The predicted molar refractivity (Wildman–Crippen MR) is 57.5 cm³/mol. The maximum atomic E-state index is 5.65. The fourth-order valence-corrected chi connectivity index (χ4v) is 2.39. The Balaban J connectivity index is 1.63. The zero-order valence-corrected chi connectivity index (χ0v) is 9.09. The summed E-state index contributed by atoms with van der Waals surface area (Å²) >= 11 is 0. The second-order valence-electron chi connectivity index (χ2n) is 4.54. The topological polar surface area (TPSA) is 33.3 Å². The lowest BCUT2D eigenvalue weighted by molar-refractivity contribution is 0.0831. The van der Waals surface area contributed by atoms with E-state index < -0.39 is 0 Å². The lowest BCUT2D eigenvalue weighted by atomic mass is 10.1. The van der Waals surface area contributed by atoms with Crippen LogP contribution in [0.25, 0.3) is 0 Å². The molecule has 3 heteroatoms. The average Bonchev–Trinajstić information content (AvgIpc) is 2.87. The first-order chi connectivity index (χ1) is 6.86. The van der Waals surface area contributed by atoms with E-state index in [-0.39, 0.29) is 0 Å². The quantitative estimate of drug-likeness (QED) is 0.704. The van der Waals surface area contributed by atoms with Crippen molar-refractivity contribution in [2.45, 2.75) is 50.8 Å². The van der Waals surface area contributed by atoms with Crippen LogP contribution in [0.4, 0.5) is 0 Å². The number of hydrogen-bond acceptors (Lipinski definition) is 3. The minimum absolute atomic E-state index is 0.455. The summed E-state index contributed by atoms with van der Waals surface area (Å²) in [7, 11) is 0. The Kier molecular flexibility index (Phi) is 3.79. The van der Waals surface area contributed by atoms with E-state index in [9.17, 15) is 0 Å². The summed E-state index contributed by atoms with van der Waals surface area (Å²) in [5, 5.41) is 7.08. The normalized spacial score (nSPS) is 34.9. The van der Waals surface area contributed by atoms with E-state index in [0.717, 1.165) is 13.2 Å². The molecule has 0 aromatic rings. The van der Waals surface area contributed by atoms with E-state index in [2.05, 4.69) is 17.6 Å². The van der Waals surface area contributed by atoms with Crippen LogP contribution in [0.15, 0.2) is 0 Å². The van der Waals surface area contributed by atoms with Crippen LogP contribution in [0.5, 0.6) is 0 Å². The molecule has 14 heavy (non-hydrogen) atoms. The minimum atomic E-state index is 0.455. The van der Waals surface area contributed by atoms with Gasteiger partial charge in [0.25, 0.3) is 0 Å². The van der Waals surface area contributed by atoms with Gasteiger partial charge in [0.2, 0.25) is 0 Å². The van der Waals surface area contributed by atoms with Crippen LogP contribution in [0.1, 0.15) is 32.6 Å². The highest BCUT2D eigenvalue weighted by atomic mass is 16.5. The van der Waals surface area contributed by atoms with Gasteiger partial charge in [0, 0.05) is 25.2 Å². The second-order valence-corrected chi connectivity index (χ2v) is 4.54. The fourth-order valence-electron chi connectivity index (χ4n) is 2.39. The Bertz CT molecular complexity index is 163. The first-order valence-electron chi connectivity index (χ1n) is 5.94. The van der Waals surface area contributed by atoms with Gasteiger partial charge >= 0.3 is 0 Å². The van der Waals surface area contributed by atoms with Crippen molar-refractivity contribution in [3.63, 3.8) is 0 Å². The summed E-state index contributed by atoms with van der Waals surface area (Å²) in [5.74, 6) is 0. The van der Waals surface area contributed by atoms with Gasteiger partial charge in [-0.05, 0) is 39.2 Å². The first kappa shape index (κ1) is 10.4. The van der Waals surface area contributed by atoms with Crippen LogP contribution in [-0.4, -0.2) is 37.9 Å². The molecule has 0 aromatic heterocycles. The number of nitrogens with one attached hydrogen (secondary N) is 2. The second kappa shape index (κ2) is 5.10. The molecular formula is C11H22N2O. The number of ether oxygens (including phenoxy) is 1. The van der Waals surface area contributed by atoms with Crippen molar-refractivity contribution in [3.05, 3.63) is 0 Å². The highest BCUT2D eigenvalue weighted by molar-refractivity contribution is 4.81. The predicted octanol–water partition coefficient (Wildman–Crippen LogP) is 0.895. The SMILES string of the molecule is CC(NCC1CCCN1)C1CCCO1. The average molecular weight is 198 g/mol. The molecule has 2 fully saturated rings. The van der Waals surface area contributed by atoms with E-state index in [0.29, 0.717) is 18.2 Å². The molecule has 3 unspecified atom stereocenters. The Morgan fingerprint density at radius 2 is 2.36 bits per heavy atom. The highest BCUT2D eigenvalue weighted by Crippen LogP contribution is 2.15. The molecular weight excluding hydrogens is 176 g/mol. The van der Waals surface area contributed by atoms with Crippen molar-refractivity contribution < 1.29 is 4.74 Å². The van der Waals surface area contributed by atoms with Gasteiger partial charge in [-0.25, -0.2) is 0 Å². The molecule has 0 spiro atoms. The van der Waals surface area contributed by atoms with E-state index in [4.69, 9.17) is 4.74 Å². The molecule has 2 aliphatic heterocycles. The fraction of sp³-hybridized carbons (Fsp3) is 1.00. The molecule has 0 aromatic carbocycles. The highest BCUT2D eigenvalue weighted by Gasteiger charge is 2.23. The van der Waals surface area contributed by atoms with E-state index in [1.807, 2.05) is 0 Å². The zero-order chi connectivity index (χ0) is 9.80. The van der Waals surface area contributed by atoms with Gasteiger partial charge in [-0.3, -0.25) is 0 Å². The molecule has 3 atom stereocenters. The van der Waals surface area contributed by atoms with Crippen molar-refractivity contribution in [3.8, 4) is 0 Å². The molecule has 0 amide bonds. The summed E-state index contributed by atoms with van der Waals surface area (Å²) < 4.78 is 5.65. The van der Waals surface area contributed by atoms with Gasteiger partial charge in [-0.2, -0.15) is 0 Å². The molecule has 2 saturated heterocycles. The maximum Gasteiger partial charge on any atom is 0.0726 e. The number of hydrogen-bond donors (Lipinski definition) is 2. The van der Waals surface area contributed by atoms with Gasteiger partial charge in [0.1, 0.15) is 0 Å². The van der Waals surface area contributed by atoms with Crippen LogP contribution in [-0.2, 0) is 4.74 Å². The van der Waals surface area contributed by atoms with Crippen molar-refractivity contribution in [2.75, 3.05) is 19.7 Å². The van der Waals surface area contributed by atoms with Crippen molar-refractivity contribution in [1.29, 1.82) is 0 Å². The smallest absolute Gasteiger partial charge is 0.0726 e. The standard InChI is InChI=1S/C11H22N2O/c1-9(11-5-3-7-14-11)13-8-10-4-2-6-12-10/h9-13H,2-8H2,1H3. The maximum absolute atomic E-state index is 5.65. The van der Waals surface area contributed by atoms with Crippen molar-refractivity contribution >= 4 is 0 Å². The molecule has 0 radical (unpaired) electrons. The molecule has 3 nitrogen and oxygen atoms in total. The van der Waals surface area contributed by atoms with Crippen LogP contribution in [0, 0.1) is 0 Å². The third-order valence-corrected chi connectivity index (χ3v) is 3.37. The monoisotopic (exact) mass is 198 g/mol. The molecule has 2 N–H and O–H groups in total. The lowest BCUT2D eigenvalue weighted by Crippen LogP contribution is -2.43. The molecule has 2 aliphatic rings. The van der Waals surface area contributed by atoms with Gasteiger partial charge in [0.15, 0.2) is 0 Å². The van der Waals surface area contributed by atoms with Crippen molar-refractivity contribution in [2.24, 2.45) is 0 Å². The molecule has 82 valence electrons. The summed E-state index contributed by atoms with van der Waals surface area (Å²) in [4.78, 5) is 0. The summed E-state index contributed by atoms with van der Waals surface area (Å²) in [5.41, 5.74) is 0. The lowest BCUT2D eigenvalue weighted by Gasteiger charge is -2.22. The summed E-state index contributed by atoms with van der Waals surface area (Å²) in [6.07, 6.45) is 5.58. The van der Waals surface area contributed by atoms with Gasteiger partial charge in [-0.1, -0.05) is 0 Å². The van der Waals surface area contributed by atoms with Crippen molar-refractivity contribution in [1.82, 2.24) is 10.6 Å². The third kappa shape index (κ3) is 2.69. The van der Waals surface area contributed by atoms with Crippen LogP contribution >= 0.6 is 0 Å². The van der Waals surface area contributed by atoms with Crippen LogP contribution in [0.2, 0.25) is 0 Å². The zero-order valence-electron chi connectivity index (χ0n) is 9.09. The van der Waals surface area contributed by atoms with E-state index >= 15 is 0 Å². The molecule has 2 rings (SSSR count). The van der Waals surface area contributed by atoms with Gasteiger partial charge in [0.05, 0.1) is 6.10 Å². The molecule has 0 saturated carbocycles. The minimum Gasteiger partial charge on any atom is -0.377 e. The summed E-state index contributed by atoms with van der Waals surface area (Å²) in [6.45, 7) is 5.49. The van der Waals surface area contributed by atoms with Gasteiger partial charge < -0.3 is 15.4 Å². The third-order valence-electron chi connectivity index (χ3n) is 3.37. The van der Waals surface area contributed by atoms with E-state index in [1.54, 1.807) is 0 Å². The number of rotatable bonds is 4. The van der Waals surface area contributed by atoms with E-state index in [1.165, 1.54) is 32.2 Å². The largest absolute Gasteiger partial charge is 0.377 e. The summed E-state index contributed by atoms with van der Waals surface area (Å²) in [6, 6.07) is 1.21.